The van der Waals surface area contributed by atoms with Crippen LogP contribution in [0, 0.1) is 0 Å². The maximum atomic E-state index is 9.17. The highest BCUT2D eigenvalue weighted by molar-refractivity contribution is 5.46. The van der Waals surface area contributed by atoms with E-state index < -0.39 is 0 Å². The first-order chi connectivity index (χ1) is 6.92. The third-order valence-electron chi connectivity index (χ3n) is 2.45. The fourth-order valence-electron chi connectivity index (χ4n) is 1.72. The van der Waals surface area contributed by atoms with Gasteiger partial charge in [-0.05, 0) is 6.07 Å². The van der Waals surface area contributed by atoms with Gasteiger partial charge in [0.25, 0.3) is 0 Å². The van der Waals surface area contributed by atoms with Gasteiger partial charge < -0.3 is 15.3 Å². The van der Waals surface area contributed by atoms with Crippen molar-refractivity contribution in [2.75, 3.05) is 31.1 Å². The first kappa shape index (κ1) is 9.43. The van der Waals surface area contributed by atoms with Crippen LogP contribution in [0.5, 0.6) is 0 Å². The molecule has 1 aromatic rings. The van der Waals surface area contributed by atoms with Crippen LogP contribution >= 0.6 is 0 Å². The van der Waals surface area contributed by atoms with Crippen LogP contribution in [0.4, 0.5) is 5.82 Å². The number of pyridine rings is 1. The number of aliphatic hydroxyl groups is 1. The summed E-state index contributed by atoms with van der Waals surface area (Å²) in [5, 5.41) is 12.5. The van der Waals surface area contributed by atoms with Crippen LogP contribution in [0.15, 0.2) is 18.3 Å². The van der Waals surface area contributed by atoms with Gasteiger partial charge in [0.1, 0.15) is 5.82 Å². The predicted octanol–water partition coefficient (Wildman–Crippen LogP) is -0.0165. The van der Waals surface area contributed by atoms with Gasteiger partial charge >= 0.3 is 0 Å². The molecule has 76 valence electrons. The maximum Gasteiger partial charge on any atom is 0.134 e. The van der Waals surface area contributed by atoms with E-state index in [1.54, 1.807) is 6.20 Å². The normalized spacial score (nSPS) is 17.1. The largest absolute Gasteiger partial charge is 0.392 e. The van der Waals surface area contributed by atoms with Crippen LogP contribution in [0.3, 0.4) is 0 Å². The first-order valence-corrected chi connectivity index (χ1v) is 4.92. The Morgan fingerprint density at radius 3 is 2.93 bits per heavy atom. The van der Waals surface area contributed by atoms with Gasteiger partial charge in [-0.15, -0.1) is 0 Å². The van der Waals surface area contributed by atoms with Crippen molar-refractivity contribution in [3.05, 3.63) is 23.9 Å². The van der Waals surface area contributed by atoms with E-state index in [-0.39, 0.29) is 6.61 Å². The molecule has 4 nitrogen and oxygen atoms in total. The molecule has 0 amide bonds. The quantitative estimate of drug-likeness (QED) is 0.693. The Bertz CT molecular complexity index is 297. The fraction of sp³-hybridized carbons (Fsp3) is 0.500. The molecule has 0 atom stereocenters. The highest BCUT2D eigenvalue weighted by Crippen LogP contribution is 2.16. The van der Waals surface area contributed by atoms with E-state index in [1.807, 2.05) is 12.1 Å². The van der Waals surface area contributed by atoms with Crippen LogP contribution in [0.2, 0.25) is 0 Å². The van der Waals surface area contributed by atoms with Crippen LogP contribution < -0.4 is 10.2 Å². The molecule has 1 aliphatic heterocycles. The maximum absolute atomic E-state index is 9.17. The van der Waals surface area contributed by atoms with Crippen LogP contribution in [0.1, 0.15) is 5.56 Å². The van der Waals surface area contributed by atoms with Crippen molar-refractivity contribution >= 4 is 5.82 Å². The molecule has 0 aliphatic carbocycles. The molecule has 14 heavy (non-hydrogen) atoms. The summed E-state index contributed by atoms with van der Waals surface area (Å²) < 4.78 is 0. The number of rotatable bonds is 2. The zero-order valence-electron chi connectivity index (χ0n) is 8.11. The molecule has 0 aromatic carbocycles. The molecular weight excluding hydrogens is 178 g/mol. The monoisotopic (exact) mass is 193 g/mol. The van der Waals surface area contributed by atoms with Gasteiger partial charge in [0.05, 0.1) is 6.61 Å². The van der Waals surface area contributed by atoms with Crippen LogP contribution in [-0.4, -0.2) is 36.3 Å². The third-order valence-corrected chi connectivity index (χ3v) is 2.45. The molecule has 1 fully saturated rings. The van der Waals surface area contributed by atoms with E-state index in [2.05, 4.69) is 15.2 Å². The molecule has 1 saturated heterocycles. The summed E-state index contributed by atoms with van der Waals surface area (Å²) >= 11 is 0. The SMILES string of the molecule is OCc1cccnc1N1CCNCC1. The molecule has 2 heterocycles. The molecule has 4 heteroatoms. The Morgan fingerprint density at radius 1 is 1.43 bits per heavy atom. The third kappa shape index (κ3) is 1.86. The number of nitrogens with one attached hydrogen (secondary N) is 1. The van der Waals surface area contributed by atoms with Crippen molar-refractivity contribution in [1.82, 2.24) is 10.3 Å². The number of piperazine rings is 1. The number of hydrogen-bond donors (Lipinski definition) is 2. The van der Waals surface area contributed by atoms with Crippen molar-refractivity contribution in [2.24, 2.45) is 0 Å². The fourth-order valence-corrected chi connectivity index (χ4v) is 1.72. The number of aliphatic hydroxyl groups excluding tert-OH is 1. The molecule has 2 N–H and O–H groups in total. The lowest BCUT2D eigenvalue weighted by Gasteiger charge is -2.29. The Labute approximate surface area is 83.6 Å². The van der Waals surface area contributed by atoms with E-state index in [9.17, 15) is 0 Å². The molecular formula is C10H15N3O. The summed E-state index contributed by atoms with van der Waals surface area (Å²) in [5.41, 5.74) is 0.911. The molecule has 0 bridgehead atoms. The lowest BCUT2D eigenvalue weighted by atomic mass is 10.2. The van der Waals surface area contributed by atoms with Gasteiger partial charge in [0.15, 0.2) is 0 Å². The molecule has 0 saturated carbocycles. The number of anilines is 1. The summed E-state index contributed by atoms with van der Waals surface area (Å²) in [6, 6.07) is 3.78. The van der Waals surface area contributed by atoms with Crippen molar-refractivity contribution < 1.29 is 5.11 Å². The van der Waals surface area contributed by atoms with Crippen LogP contribution in [0.25, 0.3) is 0 Å². The average molecular weight is 193 g/mol. The zero-order chi connectivity index (χ0) is 9.80. The van der Waals surface area contributed by atoms with Gasteiger partial charge in [-0.25, -0.2) is 4.98 Å². The van der Waals surface area contributed by atoms with Gasteiger partial charge in [0, 0.05) is 37.9 Å². The minimum absolute atomic E-state index is 0.0626. The highest BCUT2D eigenvalue weighted by Gasteiger charge is 2.14. The predicted molar refractivity (Wildman–Crippen MR) is 55.2 cm³/mol. The van der Waals surface area contributed by atoms with E-state index in [0.717, 1.165) is 37.6 Å². The molecule has 0 radical (unpaired) electrons. The lowest BCUT2D eigenvalue weighted by molar-refractivity contribution is 0.281. The van der Waals surface area contributed by atoms with E-state index >= 15 is 0 Å². The van der Waals surface area contributed by atoms with E-state index in [0.29, 0.717) is 0 Å². The van der Waals surface area contributed by atoms with Crippen LogP contribution in [-0.2, 0) is 6.61 Å². The van der Waals surface area contributed by atoms with Crippen molar-refractivity contribution in [3.8, 4) is 0 Å². The molecule has 0 unspecified atom stereocenters. The van der Waals surface area contributed by atoms with Gasteiger partial charge in [-0.3, -0.25) is 0 Å². The topological polar surface area (TPSA) is 48.4 Å². The second-order valence-electron chi connectivity index (χ2n) is 3.38. The van der Waals surface area contributed by atoms with Crippen molar-refractivity contribution in [1.29, 1.82) is 0 Å². The Balaban J connectivity index is 2.20. The minimum Gasteiger partial charge on any atom is -0.392 e. The highest BCUT2D eigenvalue weighted by atomic mass is 16.3. The molecule has 1 aromatic heterocycles. The first-order valence-electron chi connectivity index (χ1n) is 4.92. The Kier molecular flexibility index (Phi) is 2.96. The molecule has 0 spiro atoms. The summed E-state index contributed by atoms with van der Waals surface area (Å²) in [4.78, 5) is 6.52. The van der Waals surface area contributed by atoms with E-state index in [1.165, 1.54) is 0 Å². The summed E-state index contributed by atoms with van der Waals surface area (Å²) in [6.45, 7) is 3.96. The van der Waals surface area contributed by atoms with E-state index in [4.69, 9.17) is 5.11 Å². The number of nitrogens with zero attached hydrogens (tertiary/aromatic N) is 2. The Hall–Kier alpha value is -1.13. The Morgan fingerprint density at radius 2 is 2.21 bits per heavy atom. The zero-order valence-corrected chi connectivity index (χ0v) is 8.11. The molecule has 2 rings (SSSR count). The lowest BCUT2D eigenvalue weighted by Crippen LogP contribution is -2.44. The molecule has 1 aliphatic rings. The second-order valence-corrected chi connectivity index (χ2v) is 3.38. The standard InChI is InChI=1S/C10H15N3O/c14-8-9-2-1-3-12-10(9)13-6-4-11-5-7-13/h1-3,11,14H,4-8H2. The average Bonchev–Trinajstić information content (AvgIpc) is 2.30. The van der Waals surface area contributed by atoms with Gasteiger partial charge in [-0.1, -0.05) is 6.07 Å². The minimum atomic E-state index is 0.0626. The summed E-state index contributed by atoms with van der Waals surface area (Å²) in [5.74, 6) is 0.927. The summed E-state index contributed by atoms with van der Waals surface area (Å²) in [7, 11) is 0. The number of aromatic nitrogens is 1. The smallest absolute Gasteiger partial charge is 0.134 e. The summed E-state index contributed by atoms with van der Waals surface area (Å²) in [6.07, 6.45) is 1.77. The van der Waals surface area contributed by atoms with Crippen molar-refractivity contribution in [3.63, 3.8) is 0 Å². The van der Waals surface area contributed by atoms with Crippen molar-refractivity contribution in [2.45, 2.75) is 6.61 Å². The van der Waals surface area contributed by atoms with Gasteiger partial charge in [-0.2, -0.15) is 0 Å². The number of hydrogen-bond acceptors (Lipinski definition) is 4. The van der Waals surface area contributed by atoms with Gasteiger partial charge in [0.2, 0.25) is 0 Å². The second kappa shape index (κ2) is 4.39.